The number of nitrogens with zero attached hydrogens (tertiary/aromatic N) is 1. The minimum Gasteiger partial charge on any atom is -0.406 e. The zero-order chi connectivity index (χ0) is 14.0. The van der Waals surface area contributed by atoms with Crippen molar-refractivity contribution in [1.29, 1.82) is 0 Å². The van der Waals surface area contributed by atoms with Gasteiger partial charge >= 0.3 is 6.36 Å². The van der Waals surface area contributed by atoms with Crippen molar-refractivity contribution >= 4 is 5.82 Å². The molecule has 0 saturated heterocycles. The normalized spacial score (nSPS) is 11.4. The molecule has 3 nitrogen and oxygen atoms in total. The first kappa shape index (κ1) is 13.1. The van der Waals surface area contributed by atoms with E-state index in [1.165, 1.54) is 18.3 Å². The van der Waals surface area contributed by atoms with Gasteiger partial charge in [0.15, 0.2) is 11.6 Å². The van der Waals surface area contributed by atoms with E-state index in [0.717, 1.165) is 18.2 Å². The van der Waals surface area contributed by atoms with Crippen molar-refractivity contribution in [2.45, 2.75) is 6.36 Å². The minimum atomic E-state index is -4.74. The summed E-state index contributed by atoms with van der Waals surface area (Å²) in [5.74, 6) is -1.27. The van der Waals surface area contributed by atoms with Gasteiger partial charge in [-0.15, -0.1) is 13.2 Å². The Morgan fingerprint density at radius 3 is 2.21 bits per heavy atom. The van der Waals surface area contributed by atoms with Crippen molar-refractivity contribution in [2.24, 2.45) is 0 Å². The summed E-state index contributed by atoms with van der Waals surface area (Å²) in [6, 6.07) is 6.16. The van der Waals surface area contributed by atoms with Crippen LogP contribution in [0.3, 0.4) is 0 Å². The number of hydrogen-bond acceptors (Lipinski definition) is 3. The molecule has 1 aromatic heterocycles. The summed E-state index contributed by atoms with van der Waals surface area (Å²) in [7, 11) is 0. The molecule has 0 fully saturated rings. The fraction of sp³-hybridized carbons (Fsp3) is 0.0833. The van der Waals surface area contributed by atoms with Crippen LogP contribution in [0.5, 0.6) is 5.75 Å². The van der Waals surface area contributed by atoms with Gasteiger partial charge in [0.1, 0.15) is 5.75 Å². The molecule has 0 saturated carbocycles. The molecule has 2 rings (SSSR count). The predicted molar refractivity (Wildman–Crippen MR) is 60.7 cm³/mol. The Labute approximate surface area is 105 Å². The maximum atomic E-state index is 13.2. The zero-order valence-corrected chi connectivity index (χ0v) is 9.41. The van der Waals surface area contributed by atoms with E-state index < -0.39 is 12.2 Å². The second-order valence-corrected chi connectivity index (χ2v) is 3.66. The Kier molecular flexibility index (Phi) is 3.28. The molecule has 0 bridgehead atoms. The van der Waals surface area contributed by atoms with Gasteiger partial charge in [0, 0.05) is 11.8 Å². The number of pyridine rings is 1. The highest BCUT2D eigenvalue weighted by Crippen LogP contribution is 2.27. The average Bonchev–Trinajstić information content (AvgIpc) is 2.32. The second kappa shape index (κ2) is 4.75. The van der Waals surface area contributed by atoms with Gasteiger partial charge < -0.3 is 10.5 Å². The number of halogens is 4. The molecule has 0 unspecified atom stereocenters. The molecule has 0 amide bonds. The summed E-state index contributed by atoms with van der Waals surface area (Å²) >= 11 is 0. The van der Waals surface area contributed by atoms with E-state index >= 15 is 0 Å². The van der Waals surface area contributed by atoms with Crippen LogP contribution >= 0.6 is 0 Å². The van der Waals surface area contributed by atoms with Gasteiger partial charge in [-0.3, -0.25) is 0 Å². The van der Waals surface area contributed by atoms with Crippen LogP contribution in [-0.4, -0.2) is 11.3 Å². The topological polar surface area (TPSA) is 48.1 Å². The maximum absolute atomic E-state index is 13.2. The predicted octanol–water partition coefficient (Wildman–Crippen LogP) is 3.37. The molecule has 1 aromatic carbocycles. The fourth-order valence-electron chi connectivity index (χ4n) is 1.46. The first-order valence-electron chi connectivity index (χ1n) is 5.12. The molecule has 0 aliphatic rings. The van der Waals surface area contributed by atoms with E-state index in [0.29, 0.717) is 11.1 Å². The quantitative estimate of drug-likeness (QED) is 0.853. The highest BCUT2D eigenvalue weighted by molar-refractivity contribution is 5.64. The van der Waals surface area contributed by atoms with Crippen LogP contribution in [0.4, 0.5) is 23.4 Å². The Hall–Kier alpha value is -2.31. The molecule has 2 N–H and O–H groups in total. The molecule has 7 heteroatoms. The number of benzene rings is 1. The van der Waals surface area contributed by atoms with E-state index in [1.54, 1.807) is 0 Å². The summed E-state index contributed by atoms with van der Waals surface area (Å²) in [5.41, 5.74) is 6.14. The Morgan fingerprint density at radius 2 is 1.68 bits per heavy atom. The van der Waals surface area contributed by atoms with Gasteiger partial charge in [0.25, 0.3) is 0 Å². The third-order valence-electron chi connectivity index (χ3n) is 2.29. The molecular weight excluding hydrogens is 264 g/mol. The third kappa shape index (κ3) is 3.34. The highest BCUT2D eigenvalue weighted by Gasteiger charge is 2.30. The van der Waals surface area contributed by atoms with Crippen molar-refractivity contribution < 1.29 is 22.3 Å². The van der Waals surface area contributed by atoms with Crippen LogP contribution < -0.4 is 10.5 Å². The van der Waals surface area contributed by atoms with Gasteiger partial charge in [0.2, 0.25) is 0 Å². The number of ether oxygens (including phenoxy) is 1. The van der Waals surface area contributed by atoms with Crippen LogP contribution in [0.2, 0.25) is 0 Å². The zero-order valence-electron chi connectivity index (χ0n) is 9.41. The van der Waals surface area contributed by atoms with Crippen LogP contribution in [0.1, 0.15) is 0 Å². The number of rotatable bonds is 2. The summed E-state index contributed by atoms with van der Waals surface area (Å²) in [6.07, 6.45) is -3.41. The number of nitrogen functional groups attached to an aromatic ring is 1. The minimum absolute atomic E-state index is 0.235. The maximum Gasteiger partial charge on any atom is 0.573 e. The molecule has 1 heterocycles. The monoisotopic (exact) mass is 272 g/mol. The smallest absolute Gasteiger partial charge is 0.406 e. The molecule has 0 aliphatic heterocycles. The first-order valence-corrected chi connectivity index (χ1v) is 5.12. The van der Waals surface area contributed by atoms with E-state index in [4.69, 9.17) is 5.73 Å². The molecular formula is C12H8F4N2O. The Morgan fingerprint density at radius 1 is 1.05 bits per heavy atom. The van der Waals surface area contributed by atoms with E-state index in [2.05, 4.69) is 9.72 Å². The fourth-order valence-corrected chi connectivity index (χ4v) is 1.46. The van der Waals surface area contributed by atoms with Crippen LogP contribution in [0, 0.1) is 5.82 Å². The molecule has 0 atom stereocenters. The summed E-state index contributed by atoms with van der Waals surface area (Å²) < 4.78 is 52.8. The van der Waals surface area contributed by atoms with Crippen LogP contribution in [0.15, 0.2) is 36.5 Å². The van der Waals surface area contributed by atoms with E-state index in [1.807, 2.05) is 0 Å². The van der Waals surface area contributed by atoms with Crippen molar-refractivity contribution in [3.05, 3.63) is 42.3 Å². The highest BCUT2D eigenvalue weighted by atomic mass is 19.4. The average molecular weight is 272 g/mol. The lowest BCUT2D eigenvalue weighted by molar-refractivity contribution is -0.274. The number of hydrogen-bond donors (Lipinski definition) is 1. The lowest BCUT2D eigenvalue weighted by Gasteiger charge is -2.09. The van der Waals surface area contributed by atoms with Gasteiger partial charge in [-0.2, -0.15) is 0 Å². The van der Waals surface area contributed by atoms with Crippen molar-refractivity contribution in [3.8, 4) is 16.9 Å². The van der Waals surface area contributed by atoms with E-state index in [-0.39, 0.29) is 11.6 Å². The van der Waals surface area contributed by atoms with Crippen LogP contribution in [-0.2, 0) is 0 Å². The molecule has 0 spiro atoms. The molecule has 100 valence electrons. The Balaban J connectivity index is 2.25. The van der Waals surface area contributed by atoms with Gasteiger partial charge in [-0.25, -0.2) is 9.37 Å². The second-order valence-electron chi connectivity index (χ2n) is 3.66. The van der Waals surface area contributed by atoms with Crippen LogP contribution in [0.25, 0.3) is 11.1 Å². The number of alkyl halides is 3. The van der Waals surface area contributed by atoms with Gasteiger partial charge in [-0.1, -0.05) is 12.1 Å². The third-order valence-corrected chi connectivity index (χ3v) is 2.29. The summed E-state index contributed by atoms with van der Waals surface area (Å²) in [4.78, 5) is 3.63. The molecule has 0 aliphatic carbocycles. The van der Waals surface area contributed by atoms with Gasteiger partial charge in [-0.05, 0) is 23.8 Å². The number of nitrogens with two attached hydrogens (primary N) is 1. The van der Waals surface area contributed by atoms with Crippen molar-refractivity contribution in [1.82, 2.24) is 4.98 Å². The largest absolute Gasteiger partial charge is 0.573 e. The van der Waals surface area contributed by atoms with Gasteiger partial charge in [0.05, 0.1) is 0 Å². The Bertz CT molecular complexity index is 581. The number of aromatic nitrogens is 1. The molecule has 19 heavy (non-hydrogen) atoms. The molecule has 0 radical (unpaired) electrons. The van der Waals surface area contributed by atoms with Crippen molar-refractivity contribution in [2.75, 3.05) is 5.73 Å². The lowest BCUT2D eigenvalue weighted by Crippen LogP contribution is -2.16. The van der Waals surface area contributed by atoms with Crippen molar-refractivity contribution in [3.63, 3.8) is 0 Å². The first-order chi connectivity index (χ1) is 8.85. The SMILES string of the molecule is Nc1ncc(-c2ccc(OC(F)(F)F)cc2)cc1F. The summed E-state index contributed by atoms with van der Waals surface area (Å²) in [5, 5.41) is 0. The molecule has 2 aromatic rings. The van der Waals surface area contributed by atoms with E-state index in [9.17, 15) is 17.6 Å². The number of anilines is 1. The lowest BCUT2D eigenvalue weighted by atomic mass is 10.1. The summed E-state index contributed by atoms with van der Waals surface area (Å²) in [6.45, 7) is 0. The standard InChI is InChI=1S/C12H8F4N2O/c13-10-5-8(6-18-11(10)17)7-1-3-9(4-2-7)19-12(14,15)16/h1-6H,(H2,17,18).